The van der Waals surface area contributed by atoms with Gasteiger partial charge in [0.15, 0.2) is 5.96 Å². The van der Waals surface area contributed by atoms with Crippen molar-refractivity contribution in [3.8, 4) is 5.88 Å². The number of hydrogen-bond acceptors (Lipinski definition) is 3. The van der Waals surface area contributed by atoms with Gasteiger partial charge in [0.25, 0.3) is 0 Å². The zero-order valence-corrected chi connectivity index (χ0v) is 14.6. The van der Waals surface area contributed by atoms with Crippen molar-refractivity contribution in [1.29, 1.82) is 0 Å². The van der Waals surface area contributed by atoms with E-state index in [9.17, 15) is 0 Å². The van der Waals surface area contributed by atoms with Gasteiger partial charge in [0.2, 0.25) is 5.88 Å². The van der Waals surface area contributed by atoms with Crippen LogP contribution in [0.1, 0.15) is 45.1 Å². The number of rotatable bonds is 9. The van der Waals surface area contributed by atoms with Gasteiger partial charge in [0.1, 0.15) is 0 Å². The van der Waals surface area contributed by atoms with Gasteiger partial charge in [-0.1, -0.05) is 19.9 Å². The fraction of sp³-hybridized carbons (Fsp3) is 0.667. The molecule has 0 saturated heterocycles. The van der Waals surface area contributed by atoms with Gasteiger partial charge in [-0.05, 0) is 43.1 Å². The number of hydrogen-bond donors (Lipinski definition) is 2. The maximum Gasteiger partial charge on any atom is 0.213 e. The van der Waals surface area contributed by atoms with E-state index in [2.05, 4.69) is 34.5 Å². The molecule has 0 radical (unpaired) electrons. The van der Waals surface area contributed by atoms with Crippen LogP contribution in [0, 0.1) is 11.8 Å². The van der Waals surface area contributed by atoms with Crippen molar-refractivity contribution >= 4 is 5.96 Å². The molecule has 1 aliphatic rings. The van der Waals surface area contributed by atoms with E-state index in [0.29, 0.717) is 6.54 Å². The van der Waals surface area contributed by atoms with Crippen molar-refractivity contribution in [3.63, 3.8) is 0 Å². The Morgan fingerprint density at radius 1 is 1.35 bits per heavy atom. The number of guanidine groups is 1. The van der Waals surface area contributed by atoms with Gasteiger partial charge in [-0.3, -0.25) is 4.99 Å². The van der Waals surface area contributed by atoms with E-state index in [1.165, 1.54) is 19.3 Å². The molecular weight excluding hydrogens is 288 g/mol. The maximum atomic E-state index is 5.65. The molecule has 1 aromatic rings. The highest BCUT2D eigenvalue weighted by molar-refractivity contribution is 5.79. The molecule has 128 valence electrons. The molecule has 1 fully saturated rings. The molecule has 1 heterocycles. The van der Waals surface area contributed by atoms with Gasteiger partial charge >= 0.3 is 0 Å². The van der Waals surface area contributed by atoms with Gasteiger partial charge in [-0.2, -0.15) is 0 Å². The quantitative estimate of drug-likeness (QED) is 0.417. The zero-order valence-electron chi connectivity index (χ0n) is 14.6. The average Bonchev–Trinajstić information content (AvgIpc) is 3.37. The Balaban J connectivity index is 1.66. The van der Waals surface area contributed by atoms with Crippen LogP contribution in [0.25, 0.3) is 0 Å². The molecule has 0 bridgehead atoms. The van der Waals surface area contributed by atoms with Crippen LogP contribution in [0.5, 0.6) is 5.88 Å². The summed E-state index contributed by atoms with van der Waals surface area (Å²) in [5.74, 6) is 3.06. The first-order valence-electron chi connectivity index (χ1n) is 8.69. The predicted octanol–water partition coefficient (Wildman–Crippen LogP) is 2.97. The van der Waals surface area contributed by atoms with Gasteiger partial charge in [0, 0.05) is 32.4 Å². The molecule has 0 amide bonds. The molecule has 0 spiro atoms. The molecule has 0 atom stereocenters. The average molecular weight is 318 g/mol. The van der Waals surface area contributed by atoms with Gasteiger partial charge in [0.05, 0.1) is 6.61 Å². The largest absolute Gasteiger partial charge is 0.477 e. The first-order valence-corrected chi connectivity index (χ1v) is 8.69. The molecule has 1 saturated carbocycles. The smallest absolute Gasteiger partial charge is 0.213 e. The molecule has 23 heavy (non-hydrogen) atoms. The lowest BCUT2D eigenvalue weighted by molar-refractivity contribution is 0.288. The highest BCUT2D eigenvalue weighted by Crippen LogP contribution is 2.29. The van der Waals surface area contributed by atoms with E-state index in [1.807, 2.05) is 18.3 Å². The minimum absolute atomic E-state index is 0.708. The van der Waals surface area contributed by atoms with E-state index in [1.54, 1.807) is 7.05 Å². The Morgan fingerprint density at radius 2 is 2.17 bits per heavy atom. The first-order chi connectivity index (χ1) is 11.2. The normalized spacial score (nSPS) is 14.9. The van der Waals surface area contributed by atoms with Crippen molar-refractivity contribution in [2.45, 2.75) is 46.1 Å². The fourth-order valence-corrected chi connectivity index (χ4v) is 2.21. The van der Waals surface area contributed by atoms with Crippen LogP contribution >= 0.6 is 0 Å². The molecule has 1 aliphatic carbocycles. The zero-order chi connectivity index (χ0) is 16.5. The SMILES string of the molecule is CN=C(NCCCC(C)C)NCc1ccc(OCC2CC2)nc1. The number of aromatic nitrogens is 1. The molecule has 5 heteroatoms. The number of pyridine rings is 1. The Labute approximate surface area is 139 Å². The summed E-state index contributed by atoms with van der Waals surface area (Å²) in [4.78, 5) is 8.60. The number of aliphatic imine (C=N–C) groups is 1. The Morgan fingerprint density at radius 3 is 2.78 bits per heavy atom. The van der Waals surface area contributed by atoms with E-state index in [4.69, 9.17) is 4.74 Å². The predicted molar refractivity (Wildman–Crippen MR) is 94.7 cm³/mol. The van der Waals surface area contributed by atoms with Crippen LogP contribution in [0.4, 0.5) is 0 Å². The summed E-state index contributed by atoms with van der Waals surface area (Å²) in [6, 6.07) is 3.99. The summed E-state index contributed by atoms with van der Waals surface area (Å²) in [6.45, 7) is 6.96. The highest BCUT2D eigenvalue weighted by Gasteiger charge is 2.21. The Hall–Kier alpha value is -1.78. The first kappa shape index (κ1) is 17.6. The third-order valence-electron chi connectivity index (χ3n) is 3.90. The molecular formula is C18H30N4O. The molecule has 0 unspecified atom stereocenters. The monoisotopic (exact) mass is 318 g/mol. The van der Waals surface area contributed by atoms with Gasteiger partial charge in [-0.15, -0.1) is 0 Å². The van der Waals surface area contributed by atoms with Crippen molar-refractivity contribution in [2.24, 2.45) is 16.8 Å². The minimum atomic E-state index is 0.708. The van der Waals surface area contributed by atoms with Crippen LogP contribution in [0.2, 0.25) is 0 Å². The maximum absolute atomic E-state index is 5.65. The van der Waals surface area contributed by atoms with E-state index in [-0.39, 0.29) is 0 Å². The van der Waals surface area contributed by atoms with Crippen LogP contribution in [-0.2, 0) is 6.54 Å². The fourth-order valence-electron chi connectivity index (χ4n) is 2.21. The summed E-state index contributed by atoms with van der Waals surface area (Å²) < 4.78 is 5.65. The molecule has 0 aromatic carbocycles. The van der Waals surface area contributed by atoms with Crippen molar-refractivity contribution in [2.75, 3.05) is 20.2 Å². The van der Waals surface area contributed by atoms with Gasteiger partial charge < -0.3 is 15.4 Å². The van der Waals surface area contributed by atoms with Gasteiger partial charge in [-0.25, -0.2) is 4.98 Å². The van der Waals surface area contributed by atoms with Crippen molar-refractivity contribution < 1.29 is 4.74 Å². The summed E-state index contributed by atoms with van der Waals surface area (Å²) in [5.41, 5.74) is 1.12. The van der Waals surface area contributed by atoms with E-state index < -0.39 is 0 Å². The Bertz CT molecular complexity index is 480. The third kappa shape index (κ3) is 7.35. The second-order valence-corrected chi connectivity index (χ2v) is 6.65. The lowest BCUT2D eigenvalue weighted by Crippen LogP contribution is -2.37. The van der Waals surface area contributed by atoms with Crippen LogP contribution in [0.15, 0.2) is 23.3 Å². The highest BCUT2D eigenvalue weighted by atomic mass is 16.5. The second kappa shape index (κ2) is 9.38. The number of nitrogens with one attached hydrogen (secondary N) is 2. The lowest BCUT2D eigenvalue weighted by Gasteiger charge is -2.12. The molecule has 2 rings (SSSR count). The standard InChI is InChI=1S/C18H30N4O/c1-14(2)5-4-10-20-18(19-3)22-12-16-8-9-17(21-11-16)23-13-15-6-7-15/h8-9,11,14-15H,4-7,10,12-13H2,1-3H3,(H2,19,20,22). The summed E-state index contributed by atoms with van der Waals surface area (Å²) in [7, 11) is 1.80. The van der Waals surface area contributed by atoms with E-state index in [0.717, 1.165) is 48.8 Å². The Kier molecular flexibility index (Phi) is 7.17. The lowest BCUT2D eigenvalue weighted by atomic mass is 10.1. The number of ether oxygens (including phenoxy) is 1. The molecule has 0 aliphatic heterocycles. The topological polar surface area (TPSA) is 58.5 Å². The van der Waals surface area contributed by atoms with Crippen molar-refractivity contribution in [3.05, 3.63) is 23.9 Å². The third-order valence-corrected chi connectivity index (χ3v) is 3.90. The van der Waals surface area contributed by atoms with Crippen LogP contribution in [0.3, 0.4) is 0 Å². The van der Waals surface area contributed by atoms with E-state index >= 15 is 0 Å². The summed E-state index contributed by atoms with van der Waals surface area (Å²) in [6.07, 6.45) is 6.85. The minimum Gasteiger partial charge on any atom is -0.477 e. The summed E-state index contributed by atoms with van der Waals surface area (Å²) in [5, 5.41) is 6.65. The van der Waals surface area contributed by atoms with Crippen molar-refractivity contribution in [1.82, 2.24) is 15.6 Å². The molecule has 1 aromatic heterocycles. The second-order valence-electron chi connectivity index (χ2n) is 6.65. The summed E-state index contributed by atoms with van der Waals surface area (Å²) >= 11 is 0. The molecule has 5 nitrogen and oxygen atoms in total. The molecule has 2 N–H and O–H groups in total. The number of nitrogens with zero attached hydrogens (tertiary/aromatic N) is 2. The van der Waals surface area contributed by atoms with Crippen LogP contribution < -0.4 is 15.4 Å². The van der Waals surface area contributed by atoms with Crippen LogP contribution in [-0.4, -0.2) is 31.1 Å².